The van der Waals surface area contributed by atoms with Crippen molar-refractivity contribution in [2.24, 2.45) is 11.0 Å². The number of nitrogens with zero attached hydrogens (tertiary/aromatic N) is 3. The van der Waals surface area contributed by atoms with Crippen LogP contribution >= 0.6 is 0 Å². The van der Waals surface area contributed by atoms with E-state index in [1.165, 1.54) is 0 Å². The summed E-state index contributed by atoms with van der Waals surface area (Å²) in [4.78, 5) is 14.1. The molecule has 6 nitrogen and oxygen atoms in total. The molecule has 1 aliphatic carbocycles. The van der Waals surface area contributed by atoms with E-state index in [0.717, 1.165) is 5.56 Å². The molecule has 0 amide bonds. The molecule has 0 aliphatic heterocycles. The lowest BCUT2D eigenvalue weighted by Gasteiger charge is -2.12. The quantitative estimate of drug-likeness (QED) is 0.491. The second-order valence-corrected chi connectivity index (χ2v) is 4.32. The number of rotatable bonds is 5. The van der Waals surface area contributed by atoms with E-state index in [9.17, 15) is 9.90 Å². The SMILES string of the molecule is COc1ccc(C2(C(=O)O)CC2CN=[N+]=[N-])cc1. The van der Waals surface area contributed by atoms with Crippen molar-refractivity contribution in [3.8, 4) is 5.75 Å². The van der Waals surface area contributed by atoms with E-state index in [0.29, 0.717) is 12.2 Å². The zero-order valence-corrected chi connectivity index (χ0v) is 9.91. The van der Waals surface area contributed by atoms with Gasteiger partial charge < -0.3 is 9.84 Å². The third-order valence-electron chi connectivity index (χ3n) is 3.46. The Labute approximate surface area is 104 Å². The van der Waals surface area contributed by atoms with Crippen LogP contribution in [0.2, 0.25) is 0 Å². The Hall–Kier alpha value is -2.20. The van der Waals surface area contributed by atoms with Gasteiger partial charge in [-0.2, -0.15) is 0 Å². The lowest BCUT2D eigenvalue weighted by Crippen LogP contribution is -2.23. The van der Waals surface area contributed by atoms with Crippen molar-refractivity contribution in [2.75, 3.05) is 13.7 Å². The minimum Gasteiger partial charge on any atom is -0.497 e. The molecule has 1 N–H and O–H groups in total. The molecule has 2 unspecified atom stereocenters. The van der Waals surface area contributed by atoms with Gasteiger partial charge in [0.25, 0.3) is 0 Å². The van der Waals surface area contributed by atoms with Crippen molar-refractivity contribution < 1.29 is 14.6 Å². The lowest BCUT2D eigenvalue weighted by molar-refractivity contribution is -0.140. The van der Waals surface area contributed by atoms with Crippen molar-refractivity contribution in [3.63, 3.8) is 0 Å². The molecule has 6 heteroatoms. The number of methoxy groups -OCH3 is 1. The molecule has 1 saturated carbocycles. The van der Waals surface area contributed by atoms with Gasteiger partial charge in [-0.05, 0) is 35.6 Å². The molecule has 0 heterocycles. The topological polar surface area (TPSA) is 95.3 Å². The first-order valence-corrected chi connectivity index (χ1v) is 5.54. The van der Waals surface area contributed by atoms with Crippen LogP contribution in [0.1, 0.15) is 12.0 Å². The molecular weight excluding hydrogens is 234 g/mol. The Morgan fingerprint density at radius 1 is 1.61 bits per heavy atom. The second kappa shape index (κ2) is 4.58. The highest BCUT2D eigenvalue weighted by Gasteiger charge is 2.60. The molecule has 1 aromatic rings. The number of carboxylic acids is 1. The summed E-state index contributed by atoms with van der Waals surface area (Å²) in [5.74, 6) is -0.309. The normalized spacial score (nSPS) is 25.1. The van der Waals surface area contributed by atoms with E-state index in [2.05, 4.69) is 10.0 Å². The fourth-order valence-corrected chi connectivity index (χ4v) is 2.31. The molecule has 0 saturated heterocycles. The van der Waals surface area contributed by atoms with Gasteiger partial charge in [0.05, 0.1) is 12.5 Å². The predicted octanol–water partition coefficient (Wildman–Crippen LogP) is 2.35. The van der Waals surface area contributed by atoms with Crippen LogP contribution in [0.15, 0.2) is 29.4 Å². The summed E-state index contributed by atoms with van der Waals surface area (Å²) in [7, 11) is 1.56. The van der Waals surface area contributed by atoms with Gasteiger partial charge in [-0.15, -0.1) is 0 Å². The van der Waals surface area contributed by atoms with Crippen molar-refractivity contribution in [2.45, 2.75) is 11.8 Å². The summed E-state index contributed by atoms with van der Waals surface area (Å²) >= 11 is 0. The zero-order valence-electron chi connectivity index (χ0n) is 9.91. The molecule has 0 bridgehead atoms. The summed E-state index contributed by atoms with van der Waals surface area (Å²) < 4.78 is 5.04. The fraction of sp³-hybridized carbons (Fsp3) is 0.417. The van der Waals surface area contributed by atoms with Crippen LogP contribution in [-0.2, 0) is 10.2 Å². The second-order valence-electron chi connectivity index (χ2n) is 4.32. The maximum Gasteiger partial charge on any atom is 0.314 e. The van der Waals surface area contributed by atoms with Gasteiger partial charge in [0.1, 0.15) is 5.75 Å². The molecule has 94 valence electrons. The third kappa shape index (κ3) is 1.87. The smallest absolute Gasteiger partial charge is 0.314 e. The summed E-state index contributed by atoms with van der Waals surface area (Å²) in [6.45, 7) is 0.217. The Morgan fingerprint density at radius 2 is 2.28 bits per heavy atom. The number of benzene rings is 1. The number of ether oxygens (including phenoxy) is 1. The molecule has 18 heavy (non-hydrogen) atoms. The Balaban J connectivity index is 2.26. The molecular formula is C12H13N3O3. The largest absolute Gasteiger partial charge is 0.497 e. The Bertz CT molecular complexity index is 508. The summed E-state index contributed by atoms with van der Waals surface area (Å²) in [5, 5.41) is 12.9. The molecule has 0 aromatic heterocycles. The highest BCUT2D eigenvalue weighted by atomic mass is 16.5. The Morgan fingerprint density at radius 3 is 2.78 bits per heavy atom. The summed E-state index contributed by atoms with van der Waals surface area (Å²) in [5.41, 5.74) is 8.11. The summed E-state index contributed by atoms with van der Waals surface area (Å²) in [6.07, 6.45) is 0.508. The third-order valence-corrected chi connectivity index (χ3v) is 3.46. The molecule has 0 spiro atoms. The number of carbonyl (C=O) groups is 1. The van der Waals surface area contributed by atoms with Crippen LogP contribution in [0.25, 0.3) is 10.4 Å². The molecule has 2 rings (SSSR count). The van der Waals surface area contributed by atoms with E-state index in [-0.39, 0.29) is 12.5 Å². The van der Waals surface area contributed by atoms with Gasteiger partial charge in [0.15, 0.2) is 0 Å². The first kappa shape index (κ1) is 12.3. The molecule has 0 radical (unpaired) electrons. The van der Waals surface area contributed by atoms with E-state index < -0.39 is 11.4 Å². The van der Waals surface area contributed by atoms with Gasteiger partial charge >= 0.3 is 5.97 Å². The first-order chi connectivity index (χ1) is 8.65. The molecule has 1 fully saturated rings. The monoisotopic (exact) mass is 247 g/mol. The predicted molar refractivity (Wildman–Crippen MR) is 64.4 cm³/mol. The van der Waals surface area contributed by atoms with Crippen molar-refractivity contribution in [1.29, 1.82) is 0 Å². The van der Waals surface area contributed by atoms with Gasteiger partial charge in [0, 0.05) is 11.5 Å². The fourth-order valence-electron chi connectivity index (χ4n) is 2.31. The van der Waals surface area contributed by atoms with Crippen molar-refractivity contribution in [1.82, 2.24) is 0 Å². The highest BCUT2D eigenvalue weighted by Crippen LogP contribution is 2.54. The lowest BCUT2D eigenvalue weighted by atomic mass is 9.93. The maximum atomic E-state index is 11.4. The highest BCUT2D eigenvalue weighted by molar-refractivity contribution is 5.86. The number of aliphatic carboxylic acids is 1. The standard InChI is InChI=1S/C12H13N3O3/c1-18-10-4-2-8(3-5-10)12(11(16)17)6-9(12)7-14-15-13/h2-5,9H,6-7H2,1H3,(H,16,17). The average Bonchev–Trinajstić information content (AvgIpc) is 3.12. The van der Waals surface area contributed by atoms with Crippen LogP contribution in [0.3, 0.4) is 0 Å². The van der Waals surface area contributed by atoms with Gasteiger partial charge in [-0.3, -0.25) is 4.79 Å². The molecule has 1 aromatic carbocycles. The van der Waals surface area contributed by atoms with Crippen LogP contribution < -0.4 is 4.74 Å². The first-order valence-electron chi connectivity index (χ1n) is 5.54. The molecule has 2 atom stereocenters. The zero-order chi connectivity index (χ0) is 13.2. The van der Waals surface area contributed by atoms with Gasteiger partial charge in [-0.1, -0.05) is 17.2 Å². The van der Waals surface area contributed by atoms with Gasteiger partial charge in [-0.25, -0.2) is 0 Å². The number of hydrogen-bond donors (Lipinski definition) is 1. The van der Waals surface area contributed by atoms with Crippen LogP contribution in [0, 0.1) is 5.92 Å². The van der Waals surface area contributed by atoms with E-state index >= 15 is 0 Å². The van der Waals surface area contributed by atoms with Crippen LogP contribution in [0.5, 0.6) is 5.75 Å². The van der Waals surface area contributed by atoms with E-state index in [4.69, 9.17) is 10.3 Å². The number of hydrogen-bond acceptors (Lipinski definition) is 3. The Kier molecular flexibility index (Phi) is 3.12. The number of azide groups is 1. The number of carboxylic acid groups (broad SMARTS) is 1. The van der Waals surface area contributed by atoms with E-state index in [1.54, 1.807) is 31.4 Å². The van der Waals surface area contributed by atoms with Crippen LogP contribution in [0.4, 0.5) is 0 Å². The van der Waals surface area contributed by atoms with Crippen molar-refractivity contribution >= 4 is 5.97 Å². The van der Waals surface area contributed by atoms with Crippen LogP contribution in [-0.4, -0.2) is 24.7 Å². The molecule has 1 aliphatic rings. The minimum absolute atomic E-state index is 0.126. The average molecular weight is 247 g/mol. The maximum absolute atomic E-state index is 11.4. The minimum atomic E-state index is -0.902. The van der Waals surface area contributed by atoms with Crippen molar-refractivity contribution in [3.05, 3.63) is 40.3 Å². The van der Waals surface area contributed by atoms with Gasteiger partial charge in [0.2, 0.25) is 0 Å². The summed E-state index contributed by atoms with van der Waals surface area (Å²) in [6, 6.07) is 6.98. The van der Waals surface area contributed by atoms with E-state index in [1.807, 2.05) is 0 Å².